The van der Waals surface area contributed by atoms with Gasteiger partial charge in [-0.05, 0) is 19.3 Å². The highest BCUT2D eigenvalue weighted by molar-refractivity contribution is 14.0. The average molecular weight is 508 g/mol. The maximum Gasteiger partial charge on any atom is 0.243 e. The van der Waals surface area contributed by atoms with E-state index in [1.54, 1.807) is 19.0 Å². The molecule has 8 nitrogen and oxygen atoms in total. The first-order valence-corrected chi connectivity index (χ1v) is 10.2. The number of likely N-dealkylation sites (tertiary alicyclic amines) is 1. The van der Waals surface area contributed by atoms with Crippen LogP contribution >= 0.6 is 24.0 Å². The van der Waals surface area contributed by atoms with Gasteiger partial charge < -0.3 is 20.0 Å². The van der Waals surface area contributed by atoms with Gasteiger partial charge in [-0.1, -0.05) is 13.3 Å². The van der Waals surface area contributed by atoms with Crippen molar-refractivity contribution in [2.45, 2.75) is 32.6 Å². The van der Waals surface area contributed by atoms with Gasteiger partial charge in [-0.25, -0.2) is 4.99 Å². The first-order chi connectivity index (χ1) is 13.0. The smallest absolute Gasteiger partial charge is 0.243 e. The second-order valence-electron chi connectivity index (χ2n) is 7.56. The topological polar surface area (TPSA) is 71.5 Å². The molecule has 1 N–H and O–H groups in total. The summed E-state index contributed by atoms with van der Waals surface area (Å²) in [7, 11) is 3.50. The average Bonchev–Trinajstić information content (AvgIpc) is 3.20. The Morgan fingerprint density at radius 3 is 2.21 bits per heavy atom. The van der Waals surface area contributed by atoms with Crippen LogP contribution in [0, 0.1) is 0 Å². The molecule has 2 saturated heterocycles. The molecule has 2 rings (SSSR count). The van der Waals surface area contributed by atoms with E-state index in [1.165, 1.54) is 0 Å². The van der Waals surface area contributed by atoms with Crippen LogP contribution in [0.2, 0.25) is 0 Å². The number of rotatable bonds is 7. The van der Waals surface area contributed by atoms with Crippen molar-refractivity contribution in [1.82, 2.24) is 24.9 Å². The molecule has 2 heterocycles. The van der Waals surface area contributed by atoms with Crippen LogP contribution in [0.4, 0.5) is 0 Å². The van der Waals surface area contributed by atoms with Crippen molar-refractivity contribution < 1.29 is 9.59 Å². The molecule has 0 spiro atoms. The van der Waals surface area contributed by atoms with Gasteiger partial charge in [0.1, 0.15) is 6.54 Å². The van der Waals surface area contributed by atoms with Crippen molar-refractivity contribution in [2.24, 2.45) is 4.99 Å². The Balaban J connectivity index is 0.00000392. The van der Waals surface area contributed by atoms with Crippen molar-refractivity contribution in [2.75, 3.05) is 73.0 Å². The van der Waals surface area contributed by atoms with Crippen LogP contribution in [-0.4, -0.2) is 110 Å². The Labute approximate surface area is 186 Å². The summed E-state index contributed by atoms with van der Waals surface area (Å²) in [4.78, 5) is 36.7. The van der Waals surface area contributed by atoms with E-state index in [4.69, 9.17) is 0 Å². The zero-order valence-electron chi connectivity index (χ0n) is 17.7. The van der Waals surface area contributed by atoms with Crippen LogP contribution in [0.15, 0.2) is 4.99 Å². The maximum absolute atomic E-state index is 12.3. The molecule has 0 saturated carbocycles. The summed E-state index contributed by atoms with van der Waals surface area (Å²) < 4.78 is 0. The van der Waals surface area contributed by atoms with Crippen LogP contribution in [0.25, 0.3) is 0 Å². The van der Waals surface area contributed by atoms with Crippen LogP contribution < -0.4 is 5.32 Å². The molecule has 0 aromatic heterocycles. The van der Waals surface area contributed by atoms with E-state index in [9.17, 15) is 9.59 Å². The number of hydrogen-bond acceptors (Lipinski definition) is 4. The molecule has 0 radical (unpaired) electrons. The van der Waals surface area contributed by atoms with Crippen LogP contribution in [0.1, 0.15) is 32.6 Å². The van der Waals surface area contributed by atoms with E-state index in [2.05, 4.69) is 27.0 Å². The van der Waals surface area contributed by atoms with Crippen molar-refractivity contribution in [3.05, 3.63) is 0 Å². The first-order valence-electron chi connectivity index (χ1n) is 10.2. The lowest BCUT2D eigenvalue weighted by Crippen LogP contribution is -2.54. The molecule has 0 atom stereocenters. The second-order valence-corrected chi connectivity index (χ2v) is 7.56. The highest BCUT2D eigenvalue weighted by atomic mass is 127. The fourth-order valence-corrected chi connectivity index (χ4v) is 3.30. The summed E-state index contributed by atoms with van der Waals surface area (Å²) >= 11 is 0. The van der Waals surface area contributed by atoms with Gasteiger partial charge in [-0.2, -0.15) is 0 Å². The van der Waals surface area contributed by atoms with Crippen molar-refractivity contribution in [3.63, 3.8) is 0 Å². The minimum atomic E-state index is -0.000336. The Hall–Kier alpha value is -1.10. The van der Waals surface area contributed by atoms with Gasteiger partial charge >= 0.3 is 0 Å². The molecule has 9 heteroatoms. The summed E-state index contributed by atoms with van der Waals surface area (Å²) in [5.74, 6) is 1.07. The third-order valence-electron chi connectivity index (χ3n) is 5.17. The molecule has 0 aliphatic carbocycles. The van der Waals surface area contributed by atoms with Gasteiger partial charge in [-0.15, -0.1) is 24.0 Å². The molecule has 0 aromatic rings. The number of carbonyl (C=O) groups excluding carboxylic acids is 2. The number of likely N-dealkylation sites (N-methyl/N-ethyl adjacent to an activating group) is 1. The van der Waals surface area contributed by atoms with Gasteiger partial charge in [-0.3, -0.25) is 14.5 Å². The molecule has 28 heavy (non-hydrogen) atoms. The monoisotopic (exact) mass is 508 g/mol. The summed E-state index contributed by atoms with van der Waals surface area (Å²) in [6.07, 6.45) is 4.46. The number of halogens is 1. The second kappa shape index (κ2) is 13.2. The molecule has 2 amide bonds. The van der Waals surface area contributed by atoms with E-state index in [0.717, 1.165) is 77.5 Å². The largest absolute Gasteiger partial charge is 0.356 e. The number of piperazine rings is 1. The number of nitrogens with one attached hydrogen (secondary N) is 1. The van der Waals surface area contributed by atoms with Gasteiger partial charge in [0.05, 0.1) is 6.54 Å². The highest BCUT2D eigenvalue weighted by Crippen LogP contribution is 2.09. The van der Waals surface area contributed by atoms with E-state index in [1.807, 2.05) is 4.90 Å². The zero-order chi connectivity index (χ0) is 19.6. The van der Waals surface area contributed by atoms with Crippen LogP contribution in [0.5, 0.6) is 0 Å². The lowest BCUT2D eigenvalue weighted by atomic mass is 10.3. The molecule has 2 fully saturated rings. The zero-order valence-corrected chi connectivity index (χ0v) is 20.0. The SMILES string of the molecule is CCCCNC(=NCC(=O)N(C)C)N1CCN(CC(=O)N2CCCC2)CC1.I. The minimum absolute atomic E-state index is 0. The predicted octanol–water partition coefficient (Wildman–Crippen LogP) is 0.678. The number of unbranched alkanes of at least 4 members (excludes halogenated alkanes) is 1. The Morgan fingerprint density at radius 1 is 1.00 bits per heavy atom. The van der Waals surface area contributed by atoms with Gasteiger partial charge in [0, 0.05) is 59.9 Å². The standard InChI is InChI=1S/C19H36N6O2.HI/c1-4-5-8-20-19(21-15-17(26)22(2)3)25-13-11-23(12-14-25)16-18(27)24-9-6-7-10-24;/h4-16H2,1-3H3,(H,20,21);1H. The van der Waals surface area contributed by atoms with Crippen molar-refractivity contribution >= 4 is 41.8 Å². The first kappa shape index (κ1) is 24.9. The molecule has 0 aromatic carbocycles. The summed E-state index contributed by atoms with van der Waals surface area (Å²) in [6.45, 7) is 8.85. The number of nitrogens with zero attached hydrogens (tertiary/aromatic N) is 5. The van der Waals surface area contributed by atoms with Gasteiger partial charge in [0.25, 0.3) is 0 Å². The molecule has 0 bridgehead atoms. The van der Waals surface area contributed by atoms with E-state index in [-0.39, 0.29) is 42.3 Å². The molecular formula is C19H37IN6O2. The lowest BCUT2D eigenvalue weighted by Gasteiger charge is -2.36. The maximum atomic E-state index is 12.3. The number of guanidine groups is 1. The third-order valence-corrected chi connectivity index (χ3v) is 5.17. The number of carbonyl (C=O) groups is 2. The molecule has 162 valence electrons. The van der Waals surface area contributed by atoms with Crippen LogP contribution in [-0.2, 0) is 9.59 Å². The molecular weight excluding hydrogens is 471 g/mol. The summed E-state index contributed by atoms with van der Waals surface area (Å²) in [5, 5.41) is 3.40. The predicted molar refractivity (Wildman–Crippen MR) is 123 cm³/mol. The van der Waals surface area contributed by atoms with E-state index in [0.29, 0.717) is 6.54 Å². The number of amides is 2. The summed E-state index contributed by atoms with van der Waals surface area (Å²) in [6, 6.07) is 0. The van der Waals surface area contributed by atoms with Gasteiger partial charge in [0.2, 0.25) is 11.8 Å². The quantitative estimate of drug-likeness (QED) is 0.237. The molecule has 2 aliphatic heterocycles. The van der Waals surface area contributed by atoms with E-state index >= 15 is 0 Å². The fourth-order valence-electron chi connectivity index (χ4n) is 3.30. The summed E-state index contributed by atoms with van der Waals surface area (Å²) in [5.41, 5.74) is 0. The highest BCUT2D eigenvalue weighted by Gasteiger charge is 2.24. The fraction of sp³-hybridized carbons (Fsp3) is 0.842. The van der Waals surface area contributed by atoms with Crippen LogP contribution in [0.3, 0.4) is 0 Å². The Morgan fingerprint density at radius 2 is 1.64 bits per heavy atom. The Bertz CT molecular complexity index is 515. The normalized spacial score (nSPS) is 18.0. The lowest BCUT2D eigenvalue weighted by molar-refractivity contribution is -0.131. The van der Waals surface area contributed by atoms with Gasteiger partial charge in [0.15, 0.2) is 5.96 Å². The minimum Gasteiger partial charge on any atom is -0.356 e. The Kier molecular flexibility index (Phi) is 11.7. The molecule has 2 aliphatic rings. The van der Waals surface area contributed by atoms with E-state index < -0.39 is 0 Å². The number of hydrogen-bond donors (Lipinski definition) is 1. The third kappa shape index (κ3) is 8.10. The van der Waals surface area contributed by atoms with Crippen molar-refractivity contribution in [1.29, 1.82) is 0 Å². The molecule has 0 unspecified atom stereocenters. The van der Waals surface area contributed by atoms with Crippen molar-refractivity contribution in [3.8, 4) is 0 Å². The number of aliphatic imine (C=N–C) groups is 1.